The number of alkyl halides is 1. The number of aryl methyl sites for hydroxylation is 1. The number of benzene rings is 1. The lowest BCUT2D eigenvalue weighted by Crippen LogP contribution is -2.05. The third-order valence-corrected chi connectivity index (χ3v) is 3.85. The van der Waals surface area contributed by atoms with Gasteiger partial charge in [-0.15, -0.1) is 11.6 Å². The average Bonchev–Trinajstić information content (AvgIpc) is 2.80. The van der Waals surface area contributed by atoms with Crippen LogP contribution in [0.2, 0.25) is 0 Å². The number of pyridine rings is 1. The first kappa shape index (κ1) is 14.5. The SMILES string of the molecule is Cc1cnc2c(c1)nc(C(C)Cl)n2-c1cc(Br)ccc1F. The Kier molecular flexibility index (Phi) is 3.71. The van der Waals surface area contributed by atoms with Crippen LogP contribution in [-0.2, 0) is 0 Å². The molecule has 0 aliphatic carbocycles. The summed E-state index contributed by atoms with van der Waals surface area (Å²) in [6.07, 6.45) is 1.74. The van der Waals surface area contributed by atoms with Crippen molar-refractivity contribution in [2.45, 2.75) is 19.2 Å². The van der Waals surface area contributed by atoms with Gasteiger partial charge in [-0.05, 0) is 43.7 Å². The van der Waals surface area contributed by atoms with Gasteiger partial charge in [0, 0.05) is 10.7 Å². The van der Waals surface area contributed by atoms with E-state index in [1.807, 2.05) is 19.9 Å². The van der Waals surface area contributed by atoms with E-state index in [2.05, 4.69) is 25.9 Å². The van der Waals surface area contributed by atoms with Crippen molar-refractivity contribution in [3.63, 3.8) is 0 Å². The predicted molar refractivity (Wildman–Crippen MR) is 85.5 cm³/mol. The molecule has 0 radical (unpaired) electrons. The van der Waals surface area contributed by atoms with Crippen molar-refractivity contribution in [1.29, 1.82) is 0 Å². The lowest BCUT2D eigenvalue weighted by Gasteiger charge is -2.11. The molecule has 1 aromatic carbocycles. The first-order chi connectivity index (χ1) is 9.97. The van der Waals surface area contributed by atoms with Crippen molar-refractivity contribution in [2.75, 3.05) is 0 Å². The first-order valence-electron chi connectivity index (χ1n) is 6.42. The highest BCUT2D eigenvalue weighted by molar-refractivity contribution is 9.10. The van der Waals surface area contributed by atoms with Gasteiger partial charge in [0.05, 0.1) is 11.1 Å². The van der Waals surface area contributed by atoms with Crippen molar-refractivity contribution in [2.24, 2.45) is 0 Å². The molecule has 0 aliphatic heterocycles. The summed E-state index contributed by atoms with van der Waals surface area (Å²) in [7, 11) is 0. The third kappa shape index (κ3) is 2.56. The molecule has 3 rings (SSSR count). The molecule has 0 saturated carbocycles. The normalized spacial score (nSPS) is 12.8. The minimum Gasteiger partial charge on any atom is -0.276 e. The van der Waals surface area contributed by atoms with Crippen LogP contribution < -0.4 is 0 Å². The minimum atomic E-state index is -0.363. The van der Waals surface area contributed by atoms with Crippen LogP contribution in [0.1, 0.15) is 23.7 Å². The second-order valence-electron chi connectivity index (χ2n) is 4.87. The molecule has 3 nitrogen and oxygen atoms in total. The number of nitrogens with zero attached hydrogens (tertiary/aromatic N) is 3. The summed E-state index contributed by atoms with van der Waals surface area (Å²) >= 11 is 9.58. The highest BCUT2D eigenvalue weighted by atomic mass is 79.9. The van der Waals surface area contributed by atoms with Crippen LogP contribution in [0.5, 0.6) is 0 Å². The molecular weight excluding hydrogens is 357 g/mol. The van der Waals surface area contributed by atoms with Crippen molar-refractivity contribution in [3.05, 3.63) is 52.1 Å². The van der Waals surface area contributed by atoms with Crippen LogP contribution in [0.25, 0.3) is 16.9 Å². The number of hydrogen-bond donors (Lipinski definition) is 0. The maximum atomic E-state index is 14.2. The van der Waals surface area contributed by atoms with E-state index < -0.39 is 0 Å². The summed E-state index contributed by atoms with van der Waals surface area (Å²) in [6, 6.07) is 6.67. The van der Waals surface area contributed by atoms with Gasteiger partial charge in [-0.1, -0.05) is 15.9 Å². The Bertz CT molecular complexity index is 829. The van der Waals surface area contributed by atoms with E-state index >= 15 is 0 Å². The maximum Gasteiger partial charge on any atom is 0.164 e. The summed E-state index contributed by atoms with van der Waals surface area (Å²) in [5, 5.41) is -0.363. The van der Waals surface area contributed by atoms with Gasteiger partial charge in [0.25, 0.3) is 0 Å². The smallest absolute Gasteiger partial charge is 0.164 e. The Morgan fingerprint density at radius 2 is 2.10 bits per heavy atom. The molecule has 0 aliphatic rings. The predicted octanol–water partition coefficient (Wildman–Crippen LogP) is 4.93. The second kappa shape index (κ2) is 5.39. The molecule has 1 unspecified atom stereocenters. The van der Waals surface area contributed by atoms with Gasteiger partial charge < -0.3 is 0 Å². The van der Waals surface area contributed by atoms with E-state index in [4.69, 9.17) is 11.6 Å². The molecule has 21 heavy (non-hydrogen) atoms. The van der Waals surface area contributed by atoms with Crippen LogP contribution >= 0.6 is 27.5 Å². The lowest BCUT2D eigenvalue weighted by molar-refractivity contribution is 0.615. The first-order valence-corrected chi connectivity index (χ1v) is 7.65. The zero-order valence-corrected chi connectivity index (χ0v) is 13.8. The molecule has 0 amide bonds. The van der Waals surface area contributed by atoms with Crippen LogP contribution in [0.4, 0.5) is 4.39 Å². The molecular formula is C15H12BrClFN3. The van der Waals surface area contributed by atoms with E-state index in [9.17, 15) is 4.39 Å². The van der Waals surface area contributed by atoms with Crippen molar-refractivity contribution < 1.29 is 4.39 Å². The van der Waals surface area contributed by atoms with E-state index in [1.165, 1.54) is 6.07 Å². The van der Waals surface area contributed by atoms with Gasteiger partial charge in [-0.25, -0.2) is 14.4 Å². The van der Waals surface area contributed by atoms with Crippen LogP contribution in [-0.4, -0.2) is 14.5 Å². The summed E-state index contributed by atoms with van der Waals surface area (Å²) in [4.78, 5) is 8.90. The van der Waals surface area contributed by atoms with E-state index in [0.717, 1.165) is 10.0 Å². The maximum absolute atomic E-state index is 14.2. The minimum absolute atomic E-state index is 0.349. The Morgan fingerprint density at radius 3 is 2.81 bits per heavy atom. The summed E-state index contributed by atoms with van der Waals surface area (Å²) in [5.41, 5.74) is 2.68. The largest absolute Gasteiger partial charge is 0.276 e. The number of rotatable bonds is 2. The van der Waals surface area contributed by atoms with Crippen molar-refractivity contribution >= 4 is 38.7 Å². The summed E-state index contributed by atoms with van der Waals surface area (Å²) in [5.74, 6) is 0.222. The van der Waals surface area contributed by atoms with Crippen molar-refractivity contribution in [3.8, 4) is 5.69 Å². The lowest BCUT2D eigenvalue weighted by atomic mass is 10.3. The quantitative estimate of drug-likeness (QED) is 0.600. The standard InChI is InChI=1S/C15H12BrClFN3/c1-8-5-12-15(19-7-8)21(14(20-12)9(2)17)13-6-10(16)3-4-11(13)18/h3-7,9H,1-2H3. The van der Waals surface area contributed by atoms with E-state index in [0.29, 0.717) is 22.7 Å². The molecule has 2 aromatic heterocycles. The summed E-state index contributed by atoms with van der Waals surface area (Å²) < 4.78 is 16.7. The zero-order chi connectivity index (χ0) is 15.1. The van der Waals surface area contributed by atoms with Gasteiger partial charge in [0.15, 0.2) is 5.65 Å². The van der Waals surface area contributed by atoms with Gasteiger partial charge >= 0.3 is 0 Å². The molecule has 2 heterocycles. The van der Waals surface area contributed by atoms with E-state index in [1.54, 1.807) is 22.9 Å². The molecule has 0 fully saturated rings. The molecule has 1 atom stereocenters. The van der Waals surface area contributed by atoms with Gasteiger partial charge in [0.2, 0.25) is 0 Å². The van der Waals surface area contributed by atoms with Gasteiger partial charge in [-0.3, -0.25) is 4.57 Å². The van der Waals surface area contributed by atoms with Crippen LogP contribution in [0, 0.1) is 12.7 Å². The molecule has 0 spiro atoms. The number of aromatic nitrogens is 3. The molecule has 108 valence electrons. The highest BCUT2D eigenvalue weighted by Gasteiger charge is 2.19. The monoisotopic (exact) mass is 367 g/mol. The van der Waals surface area contributed by atoms with Crippen LogP contribution in [0.3, 0.4) is 0 Å². The fraction of sp³-hybridized carbons (Fsp3) is 0.200. The van der Waals surface area contributed by atoms with E-state index in [-0.39, 0.29) is 11.2 Å². The van der Waals surface area contributed by atoms with Gasteiger partial charge in [-0.2, -0.15) is 0 Å². The second-order valence-corrected chi connectivity index (χ2v) is 6.44. The Labute approximate surface area is 134 Å². The van der Waals surface area contributed by atoms with Crippen LogP contribution in [0.15, 0.2) is 34.9 Å². The Hall–Kier alpha value is -1.46. The Balaban J connectivity index is 2.39. The van der Waals surface area contributed by atoms with Gasteiger partial charge in [0.1, 0.15) is 17.2 Å². The number of hydrogen-bond acceptors (Lipinski definition) is 2. The summed E-state index contributed by atoms with van der Waals surface area (Å²) in [6.45, 7) is 3.75. The Morgan fingerprint density at radius 1 is 1.33 bits per heavy atom. The zero-order valence-electron chi connectivity index (χ0n) is 11.4. The topological polar surface area (TPSA) is 30.7 Å². The molecule has 0 bridgehead atoms. The average molecular weight is 369 g/mol. The third-order valence-electron chi connectivity index (χ3n) is 3.16. The molecule has 6 heteroatoms. The fourth-order valence-electron chi connectivity index (χ4n) is 2.24. The number of halogens is 3. The number of imidazole rings is 1. The molecule has 0 saturated heterocycles. The molecule has 3 aromatic rings. The molecule has 0 N–H and O–H groups in total. The highest BCUT2D eigenvalue weighted by Crippen LogP contribution is 2.30. The van der Waals surface area contributed by atoms with Crippen molar-refractivity contribution in [1.82, 2.24) is 14.5 Å². The number of fused-ring (bicyclic) bond motifs is 1. The fourth-order valence-corrected chi connectivity index (χ4v) is 2.74.